The number of anilines is 1. The van der Waals surface area contributed by atoms with Crippen LogP contribution in [0.1, 0.15) is 13.8 Å². The van der Waals surface area contributed by atoms with Crippen LogP contribution in [0.4, 0.5) is 5.13 Å². The van der Waals surface area contributed by atoms with Gasteiger partial charge < -0.3 is 5.32 Å². The van der Waals surface area contributed by atoms with Crippen molar-refractivity contribution in [2.24, 2.45) is 0 Å². The molecule has 0 aliphatic rings. The summed E-state index contributed by atoms with van der Waals surface area (Å²) in [5.74, 6) is -0.362. The van der Waals surface area contributed by atoms with E-state index < -0.39 is 10.0 Å². The van der Waals surface area contributed by atoms with Crippen molar-refractivity contribution in [2.45, 2.75) is 18.2 Å². The standard InChI is InChI=1S/C8H11N5O3S2/c1-3-13(5-4-9)18(15,16)8-12-11-7(17-8)10-6(2)14/h3,5H2,1-2H3,(H,10,11,14). The van der Waals surface area contributed by atoms with Crippen LogP contribution in [0.3, 0.4) is 0 Å². The van der Waals surface area contributed by atoms with E-state index in [0.717, 1.165) is 15.6 Å². The first-order valence-electron chi connectivity index (χ1n) is 4.90. The summed E-state index contributed by atoms with van der Waals surface area (Å²) in [4.78, 5) is 10.8. The number of hydrogen-bond donors (Lipinski definition) is 1. The monoisotopic (exact) mass is 289 g/mol. The first-order valence-corrected chi connectivity index (χ1v) is 7.15. The van der Waals surface area contributed by atoms with Crippen molar-refractivity contribution in [3.63, 3.8) is 0 Å². The maximum absolute atomic E-state index is 12.0. The van der Waals surface area contributed by atoms with Crippen molar-refractivity contribution in [1.82, 2.24) is 14.5 Å². The maximum atomic E-state index is 12.0. The summed E-state index contributed by atoms with van der Waals surface area (Å²) in [6.07, 6.45) is 0. The van der Waals surface area contributed by atoms with Crippen LogP contribution in [-0.2, 0) is 14.8 Å². The number of carbonyl (C=O) groups is 1. The van der Waals surface area contributed by atoms with Gasteiger partial charge in [-0.3, -0.25) is 4.79 Å². The first kappa shape index (κ1) is 14.5. The van der Waals surface area contributed by atoms with Crippen LogP contribution in [0.15, 0.2) is 4.34 Å². The summed E-state index contributed by atoms with van der Waals surface area (Å²) in [6.45, 7) is 2.80. The van der Waals surface area contributed by atoms with Crippen molar-refractivity contribution in [2.75, 3.05) is 18.4 Å². The Morgan fingerprint density at radius 2 is 2.22 bits per heavy atom. The summed E-state index contributed by atoms with van der Waals surface area (Å²) in [7, 11) is -3.82. The van der Waals surface area contributed by atoms with Gasteiger partial charge in [-0.25, -0.2) is 8.42 Å². The predicted molar refractivity (Wildman–Crippen MR) is 64.3 cm³/mol. The molecule has 0 saturated carbocycles. The largest absolute Gasteiger partial charge is 0.301 e. The van der Waals surface area contributed by atoms with Gasteiger partial charge in [0.2, 0.25) is 15.4 Å². The minimum absolute atomic E-state index is 0.106. The third-order valence-corrected chi connectivity index (χ3v) is 4.96. The molecule has 1 heterocycles. The third kappa shape index (κ3) is 3.22. The van der Waals surface area contributed by atoms with Gasteiger partial charge in [0.1, 0.15) is 6.54 Å². The number of carbonyl (C=O) groups excluding carboxylic acids is 1. The van der Waals surface area contributed by atoms with Crippen LogP contribution < -0.4 is 5.32 Å². The third-order valence-electron chi connectivity index (χ3n) is 1.85. The quantitative estimate of drug-likeness (QED) is 0.604. The van der Waals surface area contributed by atoms with Crippen LogP contribution in [0.25, 0.3) is 0 Å². The average molecular weight is 289 g/mol. The molecule has 0 radical (unpaired) electrons. The Hall–Kier alpha value is -1.57. The van der Waals surface area contributed by atoms with E-state index in [2.05, 4.69) is 15.5 Å². The summed E-state index contributed by atoms with van der Waals surface area (Å²) >= 11 is 0.745. The minimum atomic E-state index is -3.82. The van der Waals surface area contributed by atoms with E-state index in [4.69, 9.17) is 5.26 Å². The molecular weight excluding hydrogens is 278 g/mol. The van der Waals surface area contributed by atoms with E-state index in [1.165, 1.54) is 6.92 Å². The van der Waals surface area contributed by atoms with Gasteiger partial charge in [-0.05, 0) is 0 Å². The first-order chi connectivity index (χ1) is 8.41. The second kappa shape index (κ2) is 5.85. The molecule has 1 N–H and O–H groups in total. The summed E-state index contributed by atoms with van der Waals surface area (Å²) < 4.78 is 24.8. The van der Waals surface area contributed by atoms with Crippen LogP contribution in [-0.4, -0.2) is 41.9 Å². The van der Waals surface area contributed by atoms with Gasteiger partial charge in [-0.15, -0.1) is 10.2 Å². The number of nitrogens with one attached hydrogen (secondary N) is 1. The number of amides is 1. The van der Waals surface area contributed by atoms with Gasteiger partial charge in [-0.1, -0.05) is 18.3 Å². The highest BCUT2D eigenvalue weighted by molar-refractivity contribution is 7.91. The molecule has 0 fully saturated rings. The molecule has 0 spiro atoms. The number of rotatable bonds is 5. The maximum Gasteiger partial charge on any atom is 0.273 e. The zero-order valence-electron chi connectivity index (χ0n) is 9.74. The number of aromatic nitrogens is 2. The fraction of sp³-hybridized carbons (Fsp3) is 0.500. The van der Waals surface area contributed by atoms with Crippen molar-refractivity contribution < 1.29 is 13.2 Å². The minimum Gasteiger partial charge on any atom is -0.301 e. The van der Waals surface area contributed by atoms with Crippen molar-refractivity contribution in [3.05, 3.63) is 0 Å². The van der Waals surface area contributed by atoms with E-state index in [9.17, 15) is 13.2 Å². The smallest absolute Gasteiger partial charge is 0.273 e. The highest BCUT2D eigenvalue weighted by atomic mass is 32.2. The lowest BCUT2D eigenvalue weighted by Crippen LogP contribution is -2.31. The average Bonchev–Trinajstić information content (AvgIpc) is 2.73. The zero-order valence-corrected chi connectivity index (χ0v) is 11.4. The topological polar surface area (TPSA) is 116 Å². The molecule has 0 saturated heterocycles. The number of nitrogens with zero attached hydrogens (tertiary/aromatic N) is 4. The van der Waals surface area contributed by atoms with Crippen LogP contribution in [0, 0.1) is 11.3 Å². The van der Waals surface area contributed by atoms with Crippen molar-refractivity contribution in [3.8, 4) is 6.07 Å². The number of hydrogen-bond acceptors (Lipinski definition) is 7. The second-order valence-electron chi connectivity index (χ2n) is 3.14. The Morgan fingerprint density at radius 3 is 2.72 bits per heavy atom. The zero-order chi connectivity index (χ0) is 13.8. The second-order valence-corrected chi connectivity index (χ2v) is 6.23. The molecule has 1 aromatic rings. The van der Waals surface area contributed by atoms with E-state index in [1.807, 2.05) is 0 Å². The van der Waals surface area contributed by atoms with Crippen molar-refractivity contribution in [1.29, 1.82) is 5.26 Å². The van der Waals surface area contributed by atoms with E-state index in [-0.39, 0.29) is 28.5 Å². The molecular formula is C8H11N5O3S2. The fourth-order valence-electron chi connectivity index (χ4n) is 1.07. The molecule has 1 aromatic heterocycles. The molecule has 98 valence electrons. The molecule has 1 amide bonds. The SMILES string of the molecule is CCN(CC#N)S(=O)(=O)c1nnc(NC(C)=O)s1. The van der Waals surface area contributed by atoms with Gasteiger partial charge in [0.15, 0.2) is 0 Å². The lowest BCUT2D eigenvalue weighted by atomic mass is 10.6. The molecule has 1 rings (SSSR count). The molecule has 10 heteroatoms. The highest BCUT2D eigenvalue weighted by Gasteiger charge is 2.27. The number of nitriles is 1. The summed E-state index contributed by atoms with van der Waals surface area (Å²) in [6, 6.07) is 1.77. The molecule has 0 aromatic carbocycles. The predicted octanol–water partition coefficient (Wildman–Crippen LogP) is 0.0307. The molecule has 0 aliphatic heterocycles. The Labute approximate surface area is 108 Å². The Bertz CT molecular complexity index is 574. The lowest BCUT2D eigenvalue weighted by Gasteiger charge is -2.13. The summed E-state index contributed by atoms with van der Waals surface area (Å²) in [5.41, 5.74) is 0. The Morgan fingerprint density at radius 1 is 1.56 bits per heavy atom. The molecule has 0 bridgehead atoms. The molecule has 0 unspecified atom stereocenters. The van der Waals surface area contributed by atoms with E-state index in [0.29, 0.717) is 0 Å². The van der Waals surface area contributed by atoms with Gasteiger partial charge >= 0.3 is 0 Å². The van der Waals surface area contributed by atoms with Crippen molar-refractivity contribution >= 4 is 32.4 Å². The highest BCUT2D eigenvalue weighted by Crippen LogP contribution is 2.22. The van der Waals surface area contributed by atoms with Gasteiger partial charge in [0.25, 0.3) is 10.0 Å². The molecule has 8 nitrogen and oxygen atoms in total. The van der Waals surface area contributed by atoms with Crippen LogP contribution in [0.2, 0.25) is 0 Å². The normalized spacial score (nSPS) is 11.2. The Balaban J connectivity index is 3.02. The van der Waals surface area contributed by atoms with E-state index in [1.54, 1.807) is 13.0 Å². The molecule has 0 atom stereocenters. The van der Waals surface area contributed by atoms with E-state index >= 15 is 0 Å². The van der Waals surface area contributed by atoms with Gasteiger partial charge in [-0.2, -0.15) is 9.57 Å². The van der Waals surface area contributed by atoms with Crippen LogP contribution in [0.5, 0.6) is 0 Å². The summed E-state index contributed by atoms with van der Waals surface area (Å²) in [5, 5.41) is 18.1. The van der Waals surface area contributed by atoms with Gasteiger partial charge in [0.05, 0.1) is 6.07 Å². The number of sulfonamides is 1. The molecule has 0 aliphatic carbocycles. The van der Waals surface area contributed by atoms with Crippen LogP contribution >= 0.6 is 11.3 Å². The Kier molecular flexibility index (Phi) is 4.71. The fourth-order valence-corrected chi connectivity index (χ4v) is 3.50. The van der Waals surface area contributed by atoms with Gasteiger partial charge in [0, 0.05) is 13.5 Å². The molecule has 18 heavy (non-hydrogen) atoms. The lowest BCUT2D eigenvalue weighted by molar-refractivity contribution is -0.114.